The molecule has 0 aromatic heterocycles. The number of rotatable bonds is 3. The maximum Gasteiger partial charge on any atom is 0.220 e. The standard InChI is InChI=1S/C29H54N6O4/c1-21-6-10-26(36)30-14-17-34(18-15-31-27(37)11-7-21)23(3)20-35-19-16-32-28(38)12-8-22(2)9-13-29(39)33-24(4)25(35)5/h21-25H,6-20H2,1-5H3,(H,30,36)(H,31,37)(H,32,38)(H,33,39). The summed E-state index contributed by atoms with van der Waals surface area (Å²) in [6.45, 7) is 15.0. The van der Waals surface area contributed by atoms with Gasteiger partial charge >= 0.3 is 0 Å². The molecule has 0 bridgehead atoms. The summed E-state index contributed by atoms with van der Waals surface area (Å²) >= 11 is 0. The molecule has 2 saturated heterocycles. The second-order valence-corrected chi connectivity index (χ2v) is 11.9. The number of hydrogen-bond donors (Lipinski definition) is 4. The number of hydrogen-bond acceptors (Lipinski definition) is 6. The summed E-state index contributed by atoms with van der Waals surface area (Å²) in [6, 6.07) is 0.154. The Hall–Kier alpha value is -2.20. The summed E-state index contributed by atoms with van der Waals surface area (Å²) in [4.78, 5) is 54.3. The molecule has 2 aliphatic rings. The summed E-state index contributed by atoms with van der Waals surface area (Å²) in [7, 11) is 0. The van der Waals surface area contributed by atoms with E-state index < -0.39 is 0 Å². The Morgan fingerprint density at radius 1 is 0.667 bits per heavy atom. The SMILES string of the molecule is CC1CCC(=O)NCCN(C(C)CN2CCNC(=O)CCC(C)CCC(=O)NC(C)C2C)CCNC(=O)CC1. The van der Waals surface area contributed by atoms with Crippen LogP contribution in [0.15, 0.2) is 0 Å². The Bertz CT molecular complexity index is 768. The third-order valence-corrected chi connectivity index (χ3v) is 8.43. The molecular formula is C29H54N6O4. The zero-order chi connectivity index (χ0) is 28.8. The maximum absolute atomic E-state index is 12.6. The number of nitrogens with one attached hydrogen (secondary N) is 4. The molecule has 0 aliphatic carbocycles. The molecule has 4 atom stereocenters. The Morgan fingerprint density at radius 3 is 1.54 bits per heavy atom. The van der Waals surface area contributed by atoms with Crippen LogP contribution in [0.4, 0.5) is 0 Å². The van der Waals surface area contributed by atoms with Crippen molar-refractivity contribution in [1.29, 1.82) is 0 Å². The van der Waals surface area contributed by atoms with Crippen molar-refractivity contribution in [2.75, 3.05) is 45.8 Å². The first-order valence-corrected chi connectivity index (χ1v) is 15.1. The second kappa shape index (κ2) is 17.5. The largest absolute Gasteiger partial charge is 0.355 e. The van der Waals surface area contributed by atoms with E-state index in [-0.39, 0.29) is 41.8 Å². The topological polar surface area (TPSA) is 123 Å². The van der Waals surface area contributed by atoms with E-state index in [4.69, 9.17) is 0 Å². The first kappa shape index (κ1) is 33.0. The van der Waals surface area contributed by atoms with Crippen molar-refractivity contribution in [3.8, 4) is 0 Å². The molecule has 4 unspecified atom stereocenters. The van der Waals surface area contributed by atoms with E-state index in [1.165, 1.54) is 0 Å². The van der Waals surface area contributed by atoms with Crippen LogP contribution in [0.25, 0.3) is 0 Å². The average molecular weight is 551 g/mol. The van der Waals surface area contributed by atoms with Crippen LogP contribution in [-0.2, 0) is 19.2 Å². The minimum Gasteiger partial charge on any atom is -0.355 e. The van der Waals surface area contributed by atoms with Gasteiger partial charge in [-0.15, -0.1) is 0 Å². The molecule has 2 aliphatic heterocycles. The number of amides is 4. The van der Waals surface area contributed by atoms with E-state index >= 15 is 0 Å². The lowest BCUT2D eigenvalue weighted by molar-refractivity contribution is -0.123. The minimum atomic E-state index is -0.0430. The van der Waals surface area contributed by atoms with Gasteiger partial charge in [-0.05, 0) is 58.3 Å². The van der Waals surface area contributed by atoms with Crippen LogP contribution >= 0.6 is 0 Å². The lowest BCUT2D eigenvalue weighted by Crippen LogP contribution is -2.55. The fraction of sp³-hybridized carbons (Fsp3) is 0.862. The van der Waals surface area contributed by atoms with Gasteiger partial charge in [0.1, 0.15) is 0 Å². The van der Waals surface area contributed by atoms with Crippen molar-refractivity contribution in [3.63, 3.8) is 0 Å². The third-order valence-electron chi connectivity index (χ3n) is 8.43. The van der Waals surface area contributed by atoms with Crippen LogP contribution in [0.1, 0.15) is 86.0 Å². The fourth-order valence-corrected chi connectivity index (χ4v) is 5.31. The predicted octanol–water partition coefficient (Wildman–Crippen LogP) is 1.64. The fourth-order valence-electron chi connectivity index (χ4n) is 5.31. The van der Waals surface area contributed by atoms with Crippen LogP contribution in [0, 0.1) is 11.8 Å². The molecule has 224 valence electrons. The molecule has 0 saturated carbocycles. The van der Waals surface area contributed by atoms with Gasteiger partial charge in [0.05, 0.1) is 0 Å². The predicted molar refractivity (Wildman–Crippen MR) is 154 cm³/mol. The third kappa shape index (κ3) is 13.1. The van der Waals surface area contributed by atoms with Gasteiger partial charge in [-0.1, -0.05) is 13.8 Å². The zero-order valence-corrected chi connectivity index (χ0v) is 25.0. The van der Waals surface area contributed by atoms with Gasteiger partial charge in [-0.2, -0.15) is 0 Å². The van der Waals surface area contributed by atoms with Gasteiger partial charge < -0.3 is 21.3 Å². The molecule has 2 fully saturated rings. The number of nitrogens with zero attached hydrogens (tertiary/aromatic N) is 2. The van der Waals surface area contributed by atoms with Crippen LogP contribution in [-0.4, -0.2) is 97.4 Å². The van der Waals surface area contributed by atoms with E-state index in [1.807, 2.05) is 6.92 Å². The van der Waals surface area contributed by atoms with Crippen molar-refractivity contribution in [1.82, 2.24) is 31.1 Å². The molecule has 4 amide bonds. The Kier molecular flexibility index (Phi) is 14.8. The quantitative estimate of drug-likeness (QED) is 0.424. The zero-order valence-electron chi connectivity index (χ0n) is 25.0. The second-order valence-electron chi connectivity index (χ2n) is 11.9. The molecule has 0 aromatic carbocycles. The first-order chi connectivity index (χ1) is 18.5. The Balaban J connectivity index is 2.07. The van der Waals surface area contributed by atoms with Crippen LogP contribution in [0.2, 0.25) is 0 Å². The molecule has 10 nitrogen and oxygen atoms in total. The minimum absolute atomic E-state index is 0.0430. The molecule has 10 heteroatoms. The highest BCUT2D eigenvalue weighted by atomic mass is 16.2. The van der Waals surface area contributed by atoms with Crippen molar-refractivity contribution in [2.24, 2.45) is 11.8 Å². The van der Waals surface area contributed by atoms with Gasteiger partial charge in [0.25, 0.3) is 0 Å². The van der Waals surface area contributed by atoms with E-state index in [0.29, 0.717) is 76.8 Å². The lowest BCUT2D eigenvalue weighted by atomic mass is 9.99. The van der Waals surface area contributed by atoms with Crippen LogP contribution in [0.5, 0.6) is 0 Å². The lowest BCUT2D eigenvalue weighted by Gasteiger charge is -2.38. The highest BCUT2D eigenvalue weighted by Gasteiger charge is 2.26. The maximum atomic E-state index is 12.6. The Labute approximate surface area is 235 Å². The molecule has 0 aromatic rings. The number of carbonyl (C=O) groups is 4. The first-order valence-electron chi connectivity index (χ1n) is 15.1. The van der Waals surface area contributed by atoms with Gasteiger partial charge in [0.15, 0.2) is 0 Å². The van der Waals surface area contributed by atoms with Crippen molar-refractivity contribution < 1.29 is 19.2 Å². The smallest absolute Gasteiger partial charge is 0.220 e. The van der Waals surface area contributed by atoms with Gasteiger partial charge in [-0.25, -0.2) is 0 Å². The Morgan fingerprint density at radius 2 is 1.08 bits per heavy atom. The van der Waals surface area contributed by atoms with E-state index in [2.05, 4.69) is 58.8 Å². The summed E-state index contributed by atoms with van der Waals surface area (Å²) in [5.41, 5.74) is 0. The summed E-state index contributed by atoms with van der Waals surface area (Å²) in [5, 5.41) is 12.4. The van der Waals surface area contributed by atoms with Crippen molar-refractivity contribution in [2.45, 2.75) is 104 Å². The number of carbonyl (C=O) groups excluding carboxylic acids is 4. The highest BCUT2D eigenvalue weighted by Crippen LogP contribution is 2.15. The highest BCUT2D eigenvalue weighted by molar-refractivity contribution is 5.77. The van der Waals surface area contributed by atoms with Crippen LogP contribution < -0.4 is 21.3 Å². The van der Waals surface area contributed by atoms with Crippen molar-refractivity contribution >= 4 is 23.6 Å². The van der Waals surface area contributed by atoms with Crippen LogP contribution in [0.3, 0.4) is 0 Å². The summed E-state index contributed by atoms with van der Waals surface area (Å²) in [6.07, 6.45) is 5.06. The van der Waals surface area contributed by atoms with Gasteiger partial charge in [0, 0.05) is 89.6 Å². The monoisotopic (exact) mass is 550 g/mol. The van der Waals surface area contributed by atoms with Gasteiger partial charge in [-0.3, -0.25) is 29.0 Å². The summed E-state index contributed by atoms with van der Waals surface area (Å²) < 4.78 is 0. The molecule has 0 radical (unpaired) electrons. The normalized spacial score (nSPS) is 28.7. The van der Waals surface area contributed by atoms with E-state index in [1.54, 1.807) is 0 Å². The molecule has 2 heterocycles. The van der Waals surface area contributed by atoms with Gasteiger partial charge in [0.2, 0.25) is 23.6 Å². The van der Waals surface area contributed by atoms with Crippen molar-refractivity contribution in [3.05, 3.63) is 0 Å². The molecular weight excluding hydrogens is 496 g/mol. The molecule has 4 N–H and O–H groups in total. The average Bonchev–Trinajstić information content (AvgIpc) is 2.89. The van der Waals surface area contributed by atoms with E-state index in [9.17, 15) is 19.2 Å². The molecule has 39 heavy (non-hydrogen) atoms. The van der Waals surface area contributed by atoms with E-state index in [0.717, 1.165) is 32.2 Å². The molecule has 2 rings (SSSR count). The molecule has 0 spiro atoms. The summed E-state index contributed by atoms with van der Waals surface area (Å²) in [5.74, 6) is 0.931.